The molecule has 0 saturated heterocycles. The summed E-state index contributed by atoms with van der Waals surface area (Å²) < 4.78 is 130. The third kappa shape index (κ3) is 21.2. The van der Waals surface area contributed by atoms with E-state index >= 15 is 0 Å². The Morgan fingerprint density at radius 1 is 0.757 bits per heavy atom. The van der Waals surface area contributed by atoms with E-state index in [9.17, 15) is 57.8 Å². The van der Waals surface area contributed by atoms with E-state index in [2.05, 4.69) is 0 Å². The molecule has 0 heterocycles. The summed E-state index contributed by atoms with van der Waals surface area (Å²) in [5.74, 6) is -3.38. The minimum atomic E-state index is -5.02. The third-order valence-corrected chi connectivity index (χ3v) is 11.0. The van der Waals surface area contributed by atoms with Crippen LogP contribution in [0.2, 0.25) is 0 Å². The van der Waals surface area contributed by atoms with Gasteiger partial charge in [-0.1, -0.05) is 10.3 Å². The molecule has 190 valence electrons. The number of hydrogen-bond acceptors (Lipinski definition) is 17. The maximum absolute atomic E-state index is 11.8. The zero-order valence-electron chi connectivity index (χ0n) is 19.4. The summed E-state index contributed by atoms with van der Waals surface area (Å²) >= 11 is 0. The van der Waals surface area contributed by atoms with Gasteiger partial charge in [0.1, 0.15) is 38.2 Å². The van der Waals surface area contributed by atoms with Crippen LogP contribution in [0.1, 0.15) is 22.3 Å². The summed E-state index contributed by atoms with van der Waals surface area (Å²) in [5.41, 5.74) is -2.84. The van der Waals surface area contributed by atoms with Crippen LogP contribution in [0.5, 0.6) is 0 Å². The van der Waals surface area contributed by atoms with Crippen LogP contribution in [-0.2, 0) is 64.2 Å². The van der Waals surface area contributed by atoms with Gasteiger partial charge < -0.3 is 18.2 Å². The van der Waals surface area contributed by atoms with E-state index < -0.39 is 81.7 Å². The van der Waals surface area contributed by atoms with Crippen molar-refractivity contribution in [3.63, 3.8) is 0 Å². The summed E-state index contributed by atoms with van der Waals surface area (Å²) in [6.45, 7) is 0. The molecule has 37 heavy (non-hydrogen) atoms. The summed E-state index contributed by atoms with van der Waals surface area (Å²) in [5, 5.41) is 11.8. The van der Waals surface area contributed by atoms with Crippen molar-refractivity contribution in [3.05, 3.63) is 38.4 Å². The fraction of sp³-hybridized carbons (Fsp3) is 0.400. The van der Waals surface area contributed by atoms with Crippen LogP contribution < -0.4 is 118 Å². The number of hydrogen-bond donors (Lipinski definition) is 1. The first-order chi connectivity index (χ1) is 14.7. The predicted octanol–water partition coefficient (Wildman–Crippen LogP) is -11.1. The van der Waals surface area contributed by atoms with Crippen molar-refractivity contribution in [2.24, 2.45) is 0 Å². The fourth-order valence-electron chi connectivity index (χ4n) is 2.21. The van der Waals surface area contributed by atoms with Crippen LogP contribution in [0.15, 0.2) is 6.07 Å². The maximum atomic E-state index is 11.8. The zero-order valence-corrected chi connectivity index (χ0v) is 33.9. The molecule has 0 amide bonds. The Balaban J connectivity index is -0.00000136. The molecule has 1 N–H and O–H groups in total. The molecule has 1 atom stereocenters. The van der Waals surface area contributed by atoms with E-state index in [1.54, 1.807) is 0 Å². The zero-order chi connectivity index (χ0) is 25.8. The molecule has 0 aliphatic rings. The smallest absolute Gasteiger partial charge is 0.739 e. The predicted molar refractivity (Wildman–Crippen MR) is 119 cm³/mol. The molecule has 0 fully saturated rings. The van der Waals surface area contributed by atoms with Gasteiger partial charge in [0.15, 0.2) is 0 Å². The maximum Gasteiger partial charge on any atom is 1.00 e. The van der Waals surface area contributed by atoms with Gasteiger partial charge in [-0.3, -0.25) is 10.1 Å². The van der Waals surface area contributed by atoms with Crippen LogP contribution in [0, 0.1) is 10.1 Å². The second-order valence-electron chi connectivity index (χ2n) is 5.46. The number of benzene rings is 1. The molecule has 1 aromatic carbocycles. The number of nitrogens with zero attached hydrogens (tertiary/aromatic N) is 1. The average molecular weight is 717 g/mol. The molecule has 27 heteroatoms. The quantitative estimate of drug-likeness (QED) is 0.0495. The molecular formula is C10H10NNa4O14S8+. The minimum Gasteiger partial charge on any atom is -0.739 e. The van der Waals surface area contributed by atoms with E-state index in [0.29, 0.717) is 0 Å². The van der Waals surface area contributed by atoms with E-state index in [1.165, 1.54) is 0 Å². The summed E-state index contributed by atoms with van der Waals surface area (Å²) in [6.07, 6.45) is 0. The van der Waals surface area contributed by atoms with Crippen LogP contribution >= 0.6 is 43.2 Å². The van der Waals surface area contributed by atoms with Crippen LogP contribution in [-0.4, -0.2) is 52.9 Å². The van der Waals surface area contributed by atoms with Crippen molar-refractivity contribution in [3.8, 4) is 0 Å². The van der Waals surface area contributed by atoms with E-state index in [4.69, 9.17) is 4.55 Å². The third-order valence-electron chi connectivity index (χ3n) is 3.30. The van der Waals surface area contributed by atoms with Gasteiger partial charge in [0.2, 0.25) is 9.53 Å². The molecule has 0 aliphatic carbocycles. The van der Waals surface area contributed by atoms with Crippen molar-refractivity contribution < 1.29 is 175 Å². The normalized spacial score (nSPS) is 13.1. The molecule has 0 aliphatic heterocycles. The summed E-state index contributed by atoms with van der Waals surface area (Å²) in [6, 6.07) is 0.921. The van der Waals surface area contributed by atoms with Crippen molar-refractivity contribution in [1.29, 1.82) is 0 Å². The van der Waals surface area contributed by atoms with E-state index in [0.717, 1.165) is 6.07 Å². The van der Waals surface area contributed by atoms with Crippen molar-refractivity contribution >= 4 is 85.8 Å². The van der Waals surface area contributed by atoms with Crippen molar-refractivity contribution in [2.45, 2.75) is 23.0 Å². The Kier molecular flexibility index (Phi) is 25.8. The molecule has 0 saturated carbocycles. The summed E-state index contributed by atoms with van der Waals surface area (Å²) in [7, 11) is -20.8. The first-order valence-electron chi connectivity index (χ1n) is 7.42. The topological polar surface area (TPSA) is 275 Å². The van der Waals surface area contributed by atoms with Gasteiger partial charge >= 0.3 is 118 Å². The molecular weight excluding hydrogens is 707 g/mol. The Hall–Kier alpha value is 3.82. The van der Waals surface area contributed by atoms with Gasteiger partial charge in [0, 0.05) is 28.4 Å². The van der Waals surface area contributed by atoms with Crippen LogP contribution in [0.25, 0.3) is 0 Å². The first-order valence-corrected chi connectivity index (χ1v) is 19.1. The second-order valence-corrected chi connectivity index (χ2v) is 18.6. The van der Waals surface area contributed by atoms with Gasteiger partial charge in [-0.15, -0.1) is 0 Å². The van der Waals surface area contributed by atoms with E-state index in [1.807, 2.05) is 0 Å². The fourth-order valence-corrected chi connectivity index (χ4v) is 7.65. The van der Waals surface area contributed by atoms with Gasteiger partial charge in [-0.05, 0) is 43.5 Å². The average Bonchev–Trinajstić information content (AvgIpc) is 2.58. The van der Waals surface area contributed by atoms with Crippen molar-refractivity contribution in [1.82, 2.24) is 0 Å². The van der Waals surface area contributed by atoms with E-state index in [-0.39, 0.29) is 173 Å². The molecule has 1 unspecified atom stereocenters. The van der Waals surface area contributed by atoms with Gasteiger partial charge in [0.25, 0.3) is 5.69 Å². The monoisotopic (exact) mass is 716 g/mol. The summed E-state index contributed by atoms with van der Waals surface area (Å²) in [4.78, 5) is 10.6. The number of nitro benzene ring substituents is 1. The van der Waals surface area contributed by atoms with Gasteiger partial charge in [-0.2, -0.15) is 4.55 Å². The Labute approximate surface area is 317 Å². The van der Waals surface area contributed by atoms with Crippen LogP contribution in [0.3, 0.4) is 0 Å². The van der Waals surface area contributed by atoms with Crippen LogP contribution in [0.4, 0.5) is 5.69 Å². The molecule has 0 aromatic heterocycles. The largest absolute Gasteiger partial charge is 1.00 e. The van der Waals surface area contributed by atoms with Gasteiger partial charge in [0.05, 0.1) is 10.7 Å². The Morgan fingerprint density at radius 3 is 1.38 bits per heavy atom. The Morgan fingerprint density at radius 2 is 1.08 bits per heavy atom. The molecule has 1 aromatic rings. The Bertz CT molecular complexity index is 1280. The van der Waals surface area contributed by atoms with Gasteiger partial charge in [-0.25, -0.2) is 25.3 Å². The molecule has 1 rings (SSSR count). The molecule has 0 bridgehead atoms. The first kappa shape index (κ1) is 47.7. The number of rotatable bonds is 13. The molecule has 15 nitrogen and oxygen atoms in total. The minimum absolute atomic E-state index is 0. The molecule has 0 radical (unpaired) electrons. The second kappa shape index (κ2) is 20.0. The SMILES string of the molecule is O=[N+]([O-])c1c(CSS(=O)(=O)[O-])c(CSS(=O)(=O)[O-])cc(CS[S+](=O)([O-])O)c1CSS(=O)(=O)[O-].[Na+].[Na+].[Na+].[Na+]. The molecule has 0 spiro atoms. The number of nitro groups is 1. The van der Waals surface area contributed by atoms with Crippen molar-refractivity contribution in [2.75, 3.05) is 0 Å². The standard InChI is InChI=1S/C10H13NO14S8.4Na/c12-11(13)10-8(4-28-32(20,21)22)6(2-26-30(14,15)16)1-7(3-27-31(17,18)19)9(10)5-29-33(23,24)25;;;;/h1H,2-5H2,(H4-,14,15,16,17,18,19,20,21,22,23,24,25);;;;/q;4*+1/p-3.